The van der Waals surface area contributed by atoms with E-state index in [1.807, 2.05) is 24.3 Å². The molecule has 1 heterocycles. The van der Waals surface area contributed by atoms with E-state index in [1.165, 1.54) is 0 Å². The summed E-state index contributed by atoms with van der Waals surface area (Å²) in [5, 5.41) is 36.3. The first kappa shape index (κ1) is 20.8. The van der Waals surface area contributed by atoms with E-state index in [4.69, 9.17) is 5.11 Å². The fraction of sp³-hybridized carbons (Fsp3) is 0.391. The number of nitrogens with one attached hydrogen (secondary N) is 2. The molecule has 0 aliphatic carbocycles. The maximum absolute atomic E-state index is 11.3. The average molecular weight is 393 g/mol. The van der Waals surface area contributed by atoms with E-state index in [1.54, 1.807) is 24.3 Å². The Morgan fingerprint density at radius 3 is 2.52 bits per heavy atom. The molecule has 1 atom stereocenters. The van der Waals surface area contributed by atoms with Gasteiger partial charge in [-0.25, -0.2) is 4.79 Å². The summed E-state index contributed by atoms with van der Waals surface area (Å²) >= 11 is 0. The molecule has 29 heavy (non-hydrogen) atoms. The maximum atomic E-state index is 11.3. The van der Waals surface area contributed by atoms with Crippen LogP contribution in [0, 0.1) is 17.2 Å². The minimum atomic E-state index is -0.949. The predicted octanol–water partition coefficient (Wildman–Crippen LogP) is 3.03. The van der Waals surface area contributed by atoms with Crippen molar-refractivity contribution in [2.75, 3.05) is 25.0 Å². The minimum Gasteiger partial charge on any atom is -0.478 e. The number of aromatic carboxylic acids is 1. The van der Waals surface area contributed by atoms with Gasteiger partial charge in [0.05, 0.1) is 22.8 Å². The summed E-state index contributed by atoms with van der Waals surface area (Å²) in [4.78, 5) is 11.0. The van der Waals surface area contributed by atoms with Crippen molar-refractivity contribution < 1.29 is 15.0 Å². The number of nitrogens with zero attached hydrogens (tertiary/aromatic N) is 1. The molecule has 0 bridgehead atoms. The SMILES string of the molecule is N#Cc1ccccc1CCC(CNc1ccc(C(=O)O)cc1)C1(O)CCNCC1. The number of rotatable bonds is 8. The molecule has 1 aliphatic rings. The first-order valence-corrected chi connectivity index (χ1v) is 10.0. The van der Waals surface area contributed by atoms with Crippen LogP contribution in [0.2, 0.25) is 0 Å². The fourth-order valence-electron chi connectivity index (χ4n) is 3.98. The Labute approximate surface area is 171 Å². The standard InChI is InChI=1S/C23H27N3O3/c24-15-19-4-2-1-3-17(19)5-8-20(23(29)11-13-25-14-12-23)16-26-21-9-6-18(7-10-21)22(27)28/h1-4,6-7,9-10,20,25-26,29H,5,8,11-14,16H2,(H,27,28). The normalized spacial score (nSPS) is 16.6. The van der Waals surface area contributed by atoms with Crippen molar-refractivity contribution in [2.24, 2.45) is 5.92 Å². The first-order chi connectivity index (χ1) is 14.0. The number of benzene rings is 2. The average Bonchev–Trinajstić information content (AvgIpc) is 2.74. The second-order valence-electron chi connectivity index (χ2n) is 7.62. The Morgan fingerprint density at radius 1 is 1.17 bits per heavy atom. The van der Waals surface area contributed by atoms with E-state index in [9.17, 15) is 15.2 Å². The number of anilines is 1. The van der Waals surface area contributed by atoms with Crippen LogP contribution in [0.5, 0.6) is 0 Å². The molecule has 2 aromatic carbocycles. The number of hydrogen-bond donors (Lipinski definition) is 4. The lowest BCUT2D eigenvalue weighted by Gasteiger charge is -2.40. The van der Waals surface area contributed by atoms with Gasteiger partial charge in [-0.05, 0) is 74.7 Å². The van der Waals surface area contributed by atoms with E-state index in [-0.39, 0.29) is 11.5 Å². The highest BCUT2D eigenvalue weighted by Crippen LogP contribution is 2.31. The molecule has 1 fully saturated rings. The van der Waals surface area contributed by atoms with Gasteiger partial charge < -0.3 is 20.8 Å². The van der Waals surface area contributed by atoms with Crippen molar-refractivity contribution in [1.29, 1.82) is 5.26 Å². The predicted molar refractivity (Wildman–Crippen MR) is 112 cm³/mol. The molecule has 0 saturated carbocycles. The molecule has 1 saturated heterocycles. The van der Waals surface area contributed by atoms with Gasteiger partial charge in [-0.1, -0.05) is 18.2 Å². The quantitative estimate of drug-likeness (QED) is 0.549. The Kier molecular flexibility index (Phi) is 6.86. The number of nitriles is 1. The highest BCUT2D eigenvalue weighted by molar-refractivity contribution is 5.87. The third-order valence-electron chi connectivity index (χ3n) is 5.81. The van der Waals surface area contributed by atoms with Crippen molar-refractivity contribution in [2.45, 2.75) is 31.3 Å². The summed E-state index contributed by atoms with van der Waals surface area (Å²) in [5.41, 5.74) is 2.00. The number of hydrogen-bond acceptors (Lipinski definition) is 5. The molecule has 0 radical (unpaired) electrons. The molecule has 1 aliphatic heterocycles. The van der Waals surface area contributed by atoms with Crippen molar-refractivity contribution in [3.8, 4) is 6.07 Å². The zero-order chi connectivity index (χ0) is 20.7. The number of piperidine rings is 1. The molecule has 6 heteroatoms. The van der Waals surface area contributed by atoms with E-state index in [0.29, 0.717) is 24.9 Å². The Morgan fingerprint density at radius 2 is 1.86 bits per heavy atom. The Hall–Kier alpha value is -2.88. The topological polar surface area (TPSA) is 105 Å². The second-order valence-corrected chi connectivity index (χ2v) is 7.62. The molecule has 6 nitrogen and oxygen atoms in total. The summed E-state index contributed by atoms with van der Waals surface area (Å²) in [5.74, 6) is -0.940. The molecule has 0 spiro atoms. The van der Waals surface area contributed by atoms with Gasteiger partial charge in [0, 0.05) is 18.2 Å². The van der Waals surface area contributed by atoms with Gasteiger partial charge in [0.1, 0.15) is 0 Å². The van der Waals surface area contributed by atoms with Gasteiger partial charge in [0.15, 0.2) is 0 Å². The smallest absolute Gasteiger partial charge is 0.335 e. The van der Waals surface area contributed by atoms with Crippen LogP contribution in [-0.2, 0) is 6.42 Å². The zero-order valence-corrected chi connectivity index (χ0v) is 16.4. The molecular formula is C23H27N3O3. The lowest BCUT2D eigenvalue weighted by molar-refractivity contribution is -0.0418. The lowest BCUT2D eigenvalue weighted by Crippen LogP contribution is -2.49. The van der Waals surface area contributed by atoms with Crippen LogP contribution < -0.4 is 10.6 Å². The first-order valence-electron chi connectivity index (χ1n) is 10.0. The molecular weight excluding hydrogens is 366 g/mol. The van der Waals surface area contributed by atoms with Crippen LogP contribution in [0.3, 0.4) is 0 Å². The van der Waals surface area contributed by atoms with Crippen LogP contribution in [0.4, 0.5) is 5.69 Å². The lowest BCUT2D eigenvalue weighted by atomic mass is 9.77. The van der Waals surface area contributed by atoms with Gasteiger partial charge >= 0.3 is 5.97 Å². The maximum Gasteiger partial charge on any atom is 0.335 e. The summed E-state index contributed by atoms with van der Waals surface area (Å²) in [6.07, 6.45) is 2.87. The summed E-state index contributed by atoms with van der Waals surface area (Å²) in [6.45, 7) is 2.15. The number of carbonyl (C=O) groups is 1. The second kappa shape index (κ2) is 9.55. The molecule has 3 rings (SSSR count). The van der Waals surface area contributed by atoms with Gasteiger partial charge in [0.2, 0.25) is 0 Å². The molecule has 152 valence electrons. The summed E-state index contributed by atoms with van der Waals surface area (Å²) < 4.78 is 0. The van der Waals surface area contributed by atoms with Crippen molar-refractivity contribution in [1.82, 2.24) is 5.32 Å². The Bertz CT molecular complexity index is 868. The summed E-state index contributed by atoms with van der Waals surface area (Å²) in [7, 11) is 0. The number of carboxylic acids is 1. The highest BCUT2D eigenvalue weighted by Gasteiger charge is 2.37. The third-order valence-corrected chi connectivity index (χ3v) is 5.81. The van der Waals surface area contributed by atoms with Crippen LogP contribution in [0.1, 0.15) is 40.7 Å². The third kappa shape index (κ3) is 5.35. The van der Waals surface area contributed by atoms with Gasteiger partial charge in [-0.3, -0.25) is 0 Å². The van der Waals surface area contributed by atoms with Gasteiger partial charge in [-0.2, -0.15) is 5.26 Å². The minimum absolute atomic E-state index is 0.00972. The molecule has 0 aromatic heterocycles. The van der Waals surface area contributed by atoms with E-state index < -0.39 is 11.6 Å². The van der Waals surface area contributed by atoms with E-state index in [0.717, 1.165) is 37.2 Å². The molecule has 4 N–H and O–H groups in total. The fourth-order valence-corrected chi connectivity index (χ4v) is 3.98. The van der Waals surface area contributed by atoms with E-state index >= 15 is 0 Å². The van der Waals surface area contributed by atoms with Crippen molar-refractivity contribution >= 4 is 11.7 Å². The van der Waals surface area contributed by atoms with Crippen LogP contribution in [0.25, 0.3) is 0 Å². The highest BCUT2D eigenvalue weighted by atomic mass is 16.4. The number of carboxylic acid groups (broad SMARTS) is 1. The molecule has 0 amide bonds. The van der Waals surface area contributed by atoms with Crippen LogP contribution >= 0.6 is 0 Å². The number of aliphatic hydroxyl groups is 1. The molecule has 1 unspecified atom stereocenters. The number of aryl methyl sites for hydroxylation is 1. The van der Waals surface area contributed by atoms with Crippen molar-refractivity contribution in [3.63, 3.8) is 0 Å². The van der Waals surface area contributed by atoms with Gasteiger partial charge in [-0.15, -0.1) is 0 Å². The Balaban J connectivity index is 1.71. The van der Waals surface area contributed by atoms with E-state index in [2.05, 4.69) is 16.7 Å². The monoisotopic (exact) mass is 393 g/mol. The molecule has 2 aromatic rings. The summed E-state index contributed by atoms with van der Waals surface area (Å²) in [6, 6.07) is 16.5. The van der Waals surface area contributed by atoms with Crippen LogP contribution in [-0.4, -0.2) is 41.4 Å². The zero-order valence-electron chi connectivity index (χ0n) is 16.4. The van der Waals surface area contributed by atoms with Crippen molar-refractivity contribution in [3.05, 3.63) is 65.2 Å². The van der Waals surface area contributed by atoms with Gasteiger partial charge in [0.25, 0.3) is 0 Å². The largest absolute Gasteiger partial charge is 0.478 e. The van der Waals surface area contributed by atoms with Crippen LogP contribution in [0.15, 0.2) is 48.5 Å².